The Hall–Kier alpha value is -2.41. The smallest absolute Gasteiger partial charge is 0.306 e. The molecule has 0 radical (unpaired) electrons. The lowest BCUT2D eigenvalue weighted by Gasteiger charge is -2.26. The predicted molar refractivity (Wildman–Crippen MR) is 91.4 cm³/mol. The highest BCUT2D eigenvalue weighted by atomic mass is 32.2. The SMILES string of the molecule is Cc1cc(OS(C)(=O)=O)cc(C(=O)NC(C)(C)c2ccccc2)n1. The van der Waals surface area contributed by atoms with Gasteiger partial charge < -0.3 is 9.50 Å². The van der Waals surface area contributed by atoms with Gasteiger partial charge in [-0.2, -0.15) is 8.42 Å². The topological polar surface area (TPSA) is 85.4 Å². The molecule has 0 atom stereocenters. The second-order valence-corrected chi connectivity index (χ2v) is 7.64. The van der Waals surface area contributed by atoms with Crippen LogP contribution in [-0.2, 0) is 15.7 Å². The fourth-order valence-electron chi connectivity index (χ4n) is 2.25. The summed E-state index contributed by atoms with van der Waals surface area (Å²) in [5, 5.41) is 2.90. The molecule has 7 heteroatoms. The van der Waals surface area contributed by atoms with Gasteiger partial charge in [-0.3, -0.25) is 4.79 Å². The monoisotopic (exact) mass is 348 g/mol. The number of nitrogens with zero attached hydrogens (tertiary/aromatic N) is 1. The maximum Gasteiger partial charge on any atom is 0.306 e. The molecule has 0 aliphatic heterocycles. The first-order chi connectivity index (χ1) is 11.1. The number of aromatic nitrogens is 1. The van der Waals surface area contributed by atoms with Crippen molar-refractivity contribution in [1.29, 1.82) is 0 Å². The van der Waals surface area contributed by atoms with Crippen molar-refractivity contribution in [3.05, 3.63) is 59.4 Å². The fourth-order valence-corrected chi connectivity index (χ4v) is 2.70. The van der Waals surface area contributed by atoms with Crippen LogP contribution in [-0.4, -0.2) is 25.6 Å². The summed E-state index contributed by atoms with van der Waals surface area (Å²) in [4.78, 5) is 16.7. The van der Waals surface area contributed by atoms with Crippen LogP contribution >= 0.6 is 0 Å². The van der Waals surface area contributed by atoms with Crippen LogP contribution in [0, 0.1) is 6.92 Å². The van der Waals surface area contributed by atoms with Gasteiger partial charge in [-0.15, -0.1) is 0 Å². The summed E-state index contributed by atoms with van der Waals surface area (Å²) in [6, 6.07) is 12.3. The van der Waals surface area contributed by atoms with Crippen molar-refractivity contribution in [3.63, 3.8) is 0 Å². The number of pyridine rings is 1. The van der Waals surface area contributed by atoms with Crippen molar-refractivity contribution in [2.75, 3.05) is 6.26 Å². The van der Waals surface area contributed by atoms with Crippen molar-refractivity contribution < 1.29 is 17.4 Å². The molecule has 0 fully saturated rings. The molecular formula is C17H20N2O4S. The van der Waals surface area contributed by atoms with E-state index in [0.29, 0.717) is 5.69 Å². The average Bonchev–Trinajstić information content (AvgIpc) is 2.45. The number of rotatable bonds is 5. The fraction of sp³-hybridized carbons (Fsp3) is 0.294. The number of amides is 1. The van der Waals surface area contributed by atoms with E-state index in [2.05, 4.69) is 10.3 Å². The summed E-state index contributed by atoms with van der Waals surface area (Å²) in [6.45, 7) is 5.42. The van der Waals surface area contributed by atoms with Gasteiger partial charge in [0.05, 0.1) is 11.8 Å². The Morgan fingerprint density at radius 2 is 1.79 bits per heavy atom. The molecule has 128 valence electrons. The number of nitrogens with one attached hydrogen (secondary N) is 1. The van der Waals surface area contributed by atoms with Gasteiger partial charge in [0.25, 0.3) is 5.91 Å². The molecule has 1 N–H and O–H groups in total. The lowest BCUT2D eigenvalue weighted by Crippen LogP contribution is -2.41. The lowest BCUT2D eigenvalue weighted by atomic mass is 9.94. The van der Waals surface area contributed by atoms with Gasteiger partial charge in [0.1, 0.15) is 11.4 Å². The summed E-state index contributed by atoms with van der Waals surface area (Å²) < 4.78 is 27.4. The zero-order chi connectivity index (χ0) is 18.0. The normalized spacial score (nSPS) is 11.8. The highest BCUT2D eigenvalue weighted by molar-refractivity contribution is 7.86. The Labute approximate surface area is 142 Å². The molecule has 0 bridgehead atoms. The molecule has 1 aromatic carbocycles. The Kier molecular flexibility index (Phi) is 4.94. The Morgan fingerprint density at radius 1 is 1.17 bits per heavy atom. The standard InChI is InChI=1S/C17H20N2O4S/c1-12-10-14(23-24(4,21)22)11-15(18-12)16(20)19-17(2,3)13-8-6-5-7-9-13/h5-11H,1-4H3,(H,19,20). The van der Waals surface area contributed by atoms with E-state index in [4.69, 9.17) is 4.18 Å². The Balaban J connectivity index is 2.27. The minimum absolute atomic E-state index is 0.0627. The number of carbonyl (C=O) groups excluding carboxylic acids is 1. The first kappa shape index (κ1) is 17.9. The predicted octanol–water partition coefficient (Wildman–Crippen LogP) is 2.39. The molecule has 24 heavy (non-hydrogen) atoms. The van der Waals surface area contributed by atoms with E-state index in [9.17, 15) is 13.2 Å². The van der Waals surface area contributed by atoms with Crippen LogP contribution in [0.3, 0.4) is 0 Å². The molecule has 0 unspecified atom stereocenters. The largest absolute Gasteiger partial charge is 0.382 e. The van der Waals surface area contributed by atoms with Gasteiger partial charge in [0.2, 0.25) is 0 Å². The molecule has 1 heterocycles. The maximum atomic E-state index is 12.5. The minimum atomic E-state index is -3.67. The van der Waals surface area contributed by atoms with E-state index >= 15 is 0 Å². The third-order valence-electron chi connectivity index (χ3n) is 3.33. The van der Waals surface area contributed by atoms with E-state index in [1.807, 2.05) is 44.2 Å². The van der Waals surface area contributed by atoms with Crippen molar-refractivity contribution >= 4 is 16.0 Å². The van der Waals surface area contributed by atoms with E-state index in [1.54, 1.807) is 6.92 Å². The third kappa shape index (κ3) is 4.79. The number of hydrogen-bond donors (Lipinski definition) is 1. The van der Waals surface area contributed by atoms with E-state index in [-0.39, 0.29) is 11.4 Å². The highest BCUT2D eigenvalue weighted by Crippen LogP contribution is 2.21. The number of aryl methyl sites for hydroxylation is 1. The molecule has 0 saturated carbocycles. The van der Waals surface area contributed by atoms with E-state index in [1.165, 1.54) is 12.1 Å². The van der Waals surface area contributed by atoms with Gasteiger partial charge in [0, 0.05) is 17.8 Å². The van der Waals surface area contributed by atoms with Gasteiger partial charge >= 0.3 is 10.1 Å². The summed E-state index contributed by atoms with van der Waals surface area (Å²) >= 11 is 0. The quantitative estimate of drug-likeness (QED) is 0.839. The summed E-state index contributed by atoms with van der Waals surface area (Å²) in [5.74, 6) is -0.349. The van der Waals surface area contributed by atoms with Gasteiger partial charge in [-0.05, 0) is 26.3 Å². The van der Waals surface area contributed by atoms with Gasteiger partial charge in [-0.1, -0.05) is 30.3 Å². The molecule has 0 aliphatic rings. The van der Waals surface area contributed by atoms with Gasteiger partial charge in [0.15, 0.2) is 0 Å². The molecule has 0 spiro atoms. The molecule has 1 amide bonds. The van der Waals surface area contributed by atoms with Crippen molar-refractivity contribution in [2.45, 2.75) is 26.3 Å². The summed E-state index contributed by atoms with van der Waals surface area (Å²) in [5.41, 5.74) is 0.914. The Bertz CT molecular complexity index is 846. The van der Waals surface area contributed by atoms with Crippen molar-refractivity contribution in [1.82, 2.24) is 10.3 Å². The minimum Gasteiger partial charge on any atom is -0.382 e. The van der Waals surface area contributed by atoms with E-state index in [0.717, 1.165) is 11.8 Å². The van der Waals surface area contributed by atoms with Gasteiger partial charge in [-0.25, -0.2) is 4.98 Å². The first-order valence-corrected chi connectivity index (χ1v) is 9.15. The molecular weight excluding hydrogens is 328 g/mol. The van der Waals surface area contributed by atoms with Crippen LogP contribution in [0.4, 0.5) is 0 Å². The highest BCUT2D eigenvalue weighted by Gasteiger charge is 2.24. The third-order valence-corrected chi connectivity index (χ3v) is 3.82. The molecule has 0 aliphatic carbocycles. The summed E-state index contributed by atoms with van der Waals surface area (Å²) in [7, 11) is -3.67. The van der Waals surface area contributed by atoms with Crippen LogP contribution in [0.1, 0.15) is 35.6 Å². The zero-order valence-electron chi connectivity index (χ0n) is 14.0. The van der Waals surface area contributed by atoms with Crippen LogP contribution < -0.4 is 9.50 Å². The number of carbonyl (C=O) groups is 1. The average molecular weight is 348 g/mol. The summed E-state index contributed by atoms with van der Waals surface area (Å²) in [6.07, 6.45) is 0.945. The number of benzene rings is 1. The van der Waals surface area contributed by atoms with Crippen LogP contribution in [0.25, 0.3) is 0 Å². The lowest BCUT2D eigenvalue weighted by molar-refractivity contribution is 0.0906. The van der Waals surface area contributed by atoms with Crippen molar-refractivity contribution in [3.8, 4) is 5.75 Å². The first-order valence-electron chi connectivity index (χ1n) is 7.33. The molecule has 2 rings (SSSR count). The molecule has 1 aromatic heterocycles. The van der Waals surface area contributed by atoms with Crippen molar-refractivity contribution in [2.24, 2.45) is 0 Å². The van der Waals surface area contributed by atoms with Crippen LogP contribution in [0.15, 0.2) is 42.5 Å². The Morgan fingerprint density at radius 3 is 2.38 bits per heavy atom. The zero-order valence-corrected chi connectivity index (χ0v) is 14.8. The number of hydrogen-bond acceptors (Lipinski definition) is 5. The molecule has 6 nitrogen and oxygen atoms in total. The van der Waals surface area contributed by atoms with Crippen LogP contribution in [0.2, 0.25) is 0 Å². The molecule has 2 aromatic rings. The second kappa shape index (κ2) is 6.60. The maximum absolute atomic E-state index is 12.5. The van der Waals surface area contributed by atoms with E-state index < -0.39 is 21.6 Å². The van der Waals surface area contributed by atoms with Crippen LogP contribution in [0.5, 0.6) is 5.75 Å². The molecule has 0 saturated heterocycles. The second-order valence-electron chi connectivity index (χ2n) is 6.06.